The summed E-state index contributed by atoms with van der Waals surface area (Å²) in [6.07, 6.45) is 0. The number of fused-ring (bicyclic) bond motifs is 1. The third-order valence-corrected chi connectivity index (χ3v) is 5.96. The molecular weight excluding hydrogens is 390 g/mol. The average molecular weight is 410 g/mol. The van der Waals surface area contributed by atoms with Crippen molar-refractivity contribution in [3.63, 3.8) is 0 Å². The number of rotatable bonds is 7. The first kappa shape index (κ1) is 18.7. The van der Waals surface area contributed by atoms with Gasteiger partial charge in [0.05, 0.1) is 12.6 Å². The quantitative estimate of drug-likeness (QED) is 0.312. The zero-order valence-corrected chi connectivity index (χ0v) is 16.6. The van der Waals surface area contributed by atoms with E-state index in [0.29, 0.717) is 21.8 Å². The molecule has 0 spiro atoms. The van der Waals surface area contributed by atoms with Crippen LogP contribution in [0.25, 0.3) is 10.3 Å². The summed E-state index contributed by atoms with van der Waals surface area (Å²) in [6, 6.07) is 19.7. The molecule has 0 saturated heterocycles. The smallest absolute Gasteiger partial charge is 0.191 e. The zero-order chi connectivity index (χ0) is 19.3. The molecule has 4 rings (SSSR count). The molecule has 4 N–H and O–H groups in total. The standard InChI is InChI=1S/C20H19N5OS2/c21-19-23-18-16(28-19)17(22-15(11-26)14-9-5-2-6-10-14)24-20(25-18)27-12-13-7-3-1-4-8-13/h1-10,15,26H,11-12H2,(H3,21,22,23,24,25)/t15-/m0/s1. The molecule has 6 nitrogen and oxygen atoms in total. The van der Waals surface area contributed by atoms with E-state index >= 15 is 0 Å². The predicted molar refractivity (Wildman–Crippen MR) is 116 cm³/mol. The number of nitrogens with one attached hydrogen (secondary N) is 1. The fourth-order valence-electron chi connectivity index (χ4n) is 2.79. The highest BCUT2D eigenvalue weighted by atomic mass is 32.2. The second-order valence-electron chi connectivity index (χ2n) is 6.12. The largest absolute Gasteiger partial charge is 0.394 e. The van der Waals surface area contributed by atoms with Gasteiger partial charge in [0.1, 0.15) is 4.70 Å². The fourth-order valence-corrected chi connectivity index (χ4v) is 4.31. The Balaban J connectivity index is 1.64. The highest BCUT2D eigenvalue weighted by molar-refractivity contribution is 7.98. The van der Waals surface area contributed by atoms with E-state index in [1.807, 2.05) is 48.5 Å². The Morgan fingerprint density at radius 1 is 1.00 bits per heavy atom. The van der Waals surface area contributed by atoms with Crippen molar-refractivity contribution >= 4 is 44.4 Å². The second-order valence-corrected chi connectivity index (χ2v) is 8.10. The van der Waals surface area contributed by atoms with Gasteiger partial charge in [-0.05, 0) is 11.1 Å². The summed E-state index contributed by atoms with van der Waals surface area (Å²) in [6.45, 7) is -0.0592. The molecular formula is C20H19N5OS2. The average Bonchev–Trinajstić information content (AvgIpc) is 3.12. The number of nitrogens with two attached hydrogens (primary N) is 1. The lowest BCUT2D eigenvalue weighted by Crippen LogP contribution is -2.16. The van der Waals surface area contributed by atoms with Crippen LogP contribution in [0.2, 0.25) is 0 Å². The minimum atomic E-state index is -0.283. The number of thioether (sulfide) groups is 1. The first-order chi connectivity index (χ1) is 13.7. The van der Waals surface area contributed by atoms with Crippen molar-refractivity contribution in [3.05, 3.63) is 71.8 Å². The number of benzene rings is 2. The summed E-state index contributed by atoms with van der Waals surface area (Å²) in [4.78, 5) is 13.6. The molecule has 0 radical (unpaired) electrons. The summed E-state index contributed by atoms with van der Waals surface area (Å²) < 4.78 is 0.788. The number of thiazole rings is 1. The molecule has 0 fully saturated rings. The molecule has 2 aromatic carbocycles. The first-order valence-corrected chi connectivity index (χ1v) is 10.6. The summed E-state index contributed by atoms with van der Waals surface area (Å²) in [5.74, 6) is 1.39. The lowest BCUT2D eigenvalue weighted by molar-refractivity contribution is 0.276. The van der Waals surface area contributed by atoms with Crippen LogP contribution >= 0.6 is 23.1 Å². The van der Waals surface area contributed by atoms with Crippen LogP contribution in [-0.4, -0.2) is 26.7 Å². The third-order valence-electron chi connectivity index (χ3n) is 4.16. The van der Waals surface area contributed by atoms with Crippen LogP contribution < -0.4 is 11.1 Å². The lowest BCUT2D eigenvalue weighted by Gasteiger charge is -2.18. The van der Waals surface area contributed by atoms with E-state index in [0.717, 1.165) is 16.0 Å². The highest BCUT2D eigenvalue weighted by Crippen LogP contribution is 2.33. The maximum atomic E-state index is 9.89. The van der Waals surface area contributed by atoms with Gasteiger partial charge in [0.2, 0.25) is 0 Å². The first-order valence-electron chi connectivity index (χ1n) is 8.76. The molecule has 0 unspecified atom stereocenters. The van der Waals surface area contributed by atoms with Crippen molar-refractivity contribution in [1.29, 1.82) is 0 Å². The Morgan fingerprint density at radius 3 is 2.43 bits per heavy atom. The number of hydrogen-bond donors (Lipinski definition) is 3. The normalized spacial score (nSPS) is 12.2. The number of nitrogen functional groups attached to an aromatic ring is 1. The Kier molecular flexibility index (Phi) is 5.70. The number of anilines is 2. The Hall–Kier alpha value is -2.68. The fraction of sp³-hybridized carbons (Fsp3) is 0.150. The van der Waals surface area contributed by atoms with Crippen molar-refractivity contribution in [2.45, 2.75) is 17.0 Å². The summed E-state index contributed by atoms with van der Waals surface area (Å²) in [7, 11) is 0. The van der Waals surface area contributed by atoms with Gasteiger partial charge in [0.15, 0.2) is 21.8 Å². The summed E-state index contributed by atoms with van der Waals surface area (Å²) >= 11 is 2.88. The van der Waals surface area contributed by atoms with Gasteiger partial charge >= 0.3 is 0 Å². The SMILES string of the molecule is Nc1nc2nc(SCc3ccccc3)nc(N[C@@H](CO)c3ccccc3)c2s1. The monoisotopic (exact) mass is 409 g/mol. The molecule has 2 heterocycles. The molecule has 2 aromatic heterocycles. The topological polar surface area (TPSA) is 97.0 Å². The van der Waals surface area contributed by atoms with Crippen molar-refractivity contribution in [2.75, 3.05) is 17.7 Å². The van der Waals surface area contributed by atoms with E-state index in [4.69, 9.17) is 5.73 Å². The number of aromatic nitrogens is 3. The van der Waals surface area contributed by atoms with E-state index in [2.05, 4.69) is 32.4 Å². The van der Waals surface area contributed by atoms with Crippen LogP contribution in [0.1, 0.15) is 17.2 Å². The van der Waals surface area contributed by atoms with Gasteiger partial charge in [-0.1, -0.05) is 83.8 Å². The van der Waals surface area contributed by atoms with Gasteiger partial charge in [-0.25, -0.2) is 15.0 Å². The maximum absolute atomic E-state index is 9.89. The van der Waals surface area contributed by atoms with Crippen molar-refractivity contribution in [1.82, 2.24) is 15.0 Å². The van der Waals surface area contributed by atoms with E-state index in [-0.39, 0.29) is 12.6 Å². The Labute approximate surface area is 170 Å². The molecule has 0 aliphatic rings. The van der Waals surface area contributed by atoms with Crippen LogP contribution in [0.3, 0.4) is 0 Å². The number of aliphatic hydroxyl groups excluding tert-OH is 1. The molecule has 1 atom stereocenters. The van der Waals surface area contributed by atoms with E-state index in [9.17, 15) is 5.11 Å². The number of aliphatic hydroxyl groups is 1. The molecule has 28 heavy (non-hydrogen) atoms. The van der Waals surface area contributed by atoms with Crippen LogP contribution in [0, 0.1) is 0 Å². The molecule has 142 valence electrons. The van der Waals surface area contributed by atoms with Crippen molar-refractivity contribution in [2.24, 2.45) is 0 Å². The van der Waals surface area contributed by atoms with Crippen LogP contribution in [0.4, 0.5) is 10.9 Å². The third kappa shape index (κ3) is 4.24. The molecule has 4 aromatic rings. The second kappa shape index (κ2) is 8.55. The van der Waals surface area contributed by atoms with Crippen LogP contribution in [-0.2, 0) is 5.75 Å². The molecule has 0 aliphatic carbocycles. The highest BCUT2D eigenvalue weighted by Gasteiger charge is 2.17. The minimum absolute atomic E-state index is 0.0592. The molecule has 0 saturated carbocycles. The van der Waals surface area contributed by atoms with Gasteiger partial charge in [-0.15, -0.1) is 0 Å². The number of nitrogens with zero attached hydrogens (tertiary/aromatic N) is 3. The van der Waals surface area contributed by atoms with Gasteiger partial charge in [0, 0.05) is 5.75 Å². The summed E-state index contributed by atoms with van der Waals surface area (Å²) in [5.41, 5.74) is 8.65. The summed E-state index contributed by atoms with van der Waals surface area (Å²) in [5, 5.41) is 14.3. The van der Waals surface area contributed by atoms with Crippen molar-refractivity contribution < 1.29 is 5.11 Å². The predicted octanol–water partition coefficient (Wildman–Crippen LogP) is 4.11. The van der Waals surface area contributed by atoms with Gasteiger partial charge in [-0.3, -0.25) is 0 Å². The van der Waals surface area contributed by atoms with Gasteiger partial charge < -0.3 is 16.2 Å². The molecule has 0 bridgehead atoms. The van der Waals surface area contributed by atoms with Crippen LogP contribution in [0.15, 0.2) is 65.8 Å². The molecule has 0 aliphatic heterocycles. The van der Waals surface area contributed by atoms with Gasteiger partial charge in [-0.2, -0.15) is 0 Å². The van der Waals surface area contributed by atoms with E-state index < -0.39 is 0 Å². The number of hydrogen-bond acceptors (Lipinski definition) is 8. The maximum Gasteiger partial charge on any atom is 0.191 e. The van der Waals surface area contributed by atoms with Crippen LogP contribution in [0.5, 0.6) is 0 Å². The molecule has 0 amide bonds. The van der Waals surface area contributed by atoms with Gasteiger partial charge in [0.25, 0.3) is 0 Å². The van der Waals surface area contributed by atoms with Crippen molar-refractivity contribution in [3.8, 4) is 0 Å². The van der Waals surface area contributed by atoms with E-state index in [1.54, 1.807) is 11.8 Å². The zero-order valence-electron chi connectivity index (χ0n) is 14.9. The Bertz CT molecular complexity index is 1060. The molecule has 8 heteroatoms. The Morgan fingerprint density at radius 2 is 1.71 bits per heavy atom. The lowest BCUT2D eigenvalue weighted by atomic mass is 10.1. The van der Waals surface area contributed by atoms with E-state index in [1.165, 1.54) is 16.9 Å². The minimum Gasteiger partial charge on any atom is -0.394 e.